The van der Waals surface area contributed by atoms with Crippen molar-refractivity contribution in [3.05, 3.63) is 105 Å². The summed E-state index contributed by atoms with van der Waals surface area (Å²) in [5.74, 6) is 0.551. The Morgan fingerprint density at radius 3 is 2.33 bits per heavy atom. The van der Waals surface area contributed by atoms with E-state index in [0.717, 1.165) is 40.4 Å². The molecule has 19 nitrogen and oxygen atoms in total. The fraction of sp³-hybridized carbons (Fsp3) is 0.415. The number of hydrogen-bond acceptors (Lipinski definition) is 11. The highest BCUT2D eigenvalue weighted by atomic mass is 32.1. The van der Waals surface area contributed by atoms with Gasteiger partial charge in [0.15, 0.2) is 0 Å². The van der Waals surface area contributed by atoms with Crippen molar-refractivity contribution < 1.29 is 66.3 Å². The Morgan fingerprint density at radius 2 is 1.62 bits per heavy atom. The van der Waals surface area contributed by atoms with Crippen molar-refractivity contribution in [2.75, 3.05) is 39.3 Å². The Balaban J connectivity index is 0.908. The summed E-state index contributed by atoms with van der Waals surface area (Å²) in [6, 6.07) is 15.0. The number of carbonyl (C=O) groups is 9. The van der Waals surface area contributed by atoms with E-state index in [-0.39, 0.29) is 66.3 Å². The third-order valence-electron chi connectivity index (χ3n) is 13.9. The molecule has 4 aliphatic rings. The zero-order chi connectivity index (χ0) is 54.9. The second kappa shape index (κ2) is 22.2. The molecule has 23 heteroatoms. The number of nitrogens with one attached hydrogen (secondary N) is 3. The van der Waals surface area contributed by atoms with E-state index in [1.165, 1.54) is 34.1 Å². The number of imide groups is 2. The Hall–Kier alpha value is -7.18. The molecule has 76 heavy (non-hydrogen) atoms. The molecule has 3 saturated heterocycles. The normalized spacial score (nSPS) is 19.6. The first-order valence-corrected chi connectivity index (χ1v) is 27.2. The van der Waals surface area contributed by atoms with Gasteiger partial charge in [0.05, 0.1) is 22.5 Å². The van der Waals surface area contributed by atoms with Crippen molar-refractivity contribution in [2.24, 2.45) is 5.41 Å². The van der Waals surface area contributed by atoms with Crippen LogP contribution in [0.25, 0.3) is 10.1 Å². The fourth-order valence-corrected chi connectivity index (χ4v) is 11.2. The number of amides is 9. The van der Waals surface area contributed by atoms with Gasteiger partial charge in [-0.15, -0.1) is 11.3 Å². The van der Waals surface area contributed by atoms with Crippen LogP contribution >= 0.6 is 18.9 Å². The van der Waals surface area contributed by atoms with Crippen LogP contribution < -0.4 is 16.0 Å². The molecule has 4 aromatic rings. The number of fused-ring (bicyclic) bond motifs is 2. The summed E-state index contributed by atoms with van der Waals surface area (Å²) in [7, 11) is -5.87. The van der Waals surface area contributed by atoms with Gasteiger partial charge in [-0.1, -0.05) is 69.0 Å². The topological polar surface area (TPSA) is 260 Å². The van der Waals surface area contributed by atoms with Crippen molar-refractivity contribution >= 4 is 82.2 Å². The maximum Gasteiger partial charge on any atom is 0.399 e. The van der Waals surface area contributed by atoms with Crippen LogP contribution in [0.3, 0.4) is 0 Å². The quantitative estimate of drug-likeness (QED) is 0.0409. The number of likely N-dealkylation sites (tertiary alicyclic amines) is 1. The lowest BCUT2D eigenvalue weighted by Gasteiger charge is -2.45. The van der Waals surface area contributed by atoms with Crippen LogP contribution in [0.15, 0.2) is 72.8 Å². The van der Waals surface area contributed by atoms with Gasteiger partial charge in [-0.25, -0.2) is 0 Å². The van der Waals surface area contributed by atoms with Crippen LogP contribution in [-0.4, -0.2) is 140 Å². The predicted octanol–water partition coefficient (Wildman–Crippen LogP) is 4.46. The van der Waals surface area contributed by atoms with E-state index in [0.29, 0.717) is 42.6 Å². The van der Waals surface area contributed by atoms with E-state index < -0.39 is 102 Å². The van der Waals surface area contributed by atoms with E-state index in [1.54, 1.807) is 31.7 Å². The maximum absolute atomic E-state index is 14.9. The zero-order valence-electron chi connectivity index (χ0n) is 41.8. The second-order valence-electron chi connectivity index (χ2n) is 20.3. The highest BCUT2D eigenvalue weighted by Gasteiger charge is 2.51. The van der Waals surface area contributed by atoms with Gasteiger partial charge in [0.1, 0.15) is 24.5 Å². The molecule has 0 bridgehead atoms. The largest absolute Gasteiger partial charge is 0.399 e. The number of piperidine rings is 2. The minimum Gasteiger partial charge on any atom is -0.356 e. The third kappa shape index (κ3) is 11.8. The number of halogens is 2. The summed E-state index contributed by atoms with van der Waals surface area (Å²) in [4.78, 5) is 145. The molecule has 3 fully saturated rings. The van der Waals surface area contributed by atoms with Crippen molar-refractivity contribution in [1.82, 2.24) is 35.6 Å². The molecule has 8 rings (SSSR count). The first-order chi connectivity index (χ1) is 35.9. The molecule has 9 amide bonds. The smallest absolute Gasteiger partial charge is 0.356 e. The average Bonchev–Trinajstić information content (AvgIpc) is 3.94. The Bertz CT molecular complexity index is 3150. The third-order valence-corrected chi connectivity index (χ3v) is 16.0. The average molecular weight is 1080 g/mol. The minimum atomic E-state index is -5.87. The molecule has 5 N–H and O–H groups in total. The molecule has 4 aliphatic heterocycles. The number of carbonyl (C=O) groups excluding carboxylic acids is 9. The SMILES string of the molecule is CC(C)(C)C(NC(=O)c1cc2cc(C(F)(F)P(=O)(O)O)ccc2s1)C(=O)N1CCN(C(=O)CC(=O)NCCCC#Cc2ccc3c(c2)C(=O)N(C2CCC(=O)NC2=O)C3=O)C[C@H]1C(=O)N1CCC[C@H](c2ccccc2)C1. The summed E-state index contributed by atoms with van der Waals surface area (Å²) in [6.45, 7) is 5.68. The first kappa shape index (κ1) is 55.1. The molecule has 4 atom stereocenters. The van der Waals surface area contributed by atoms with E-state index in [2.05, 4.69) is 27.8 Å². The number of nitrogens with zero attached hydrogens (tertiary/aromatic N) is 4. The van der Waals surface area contributed by atoms with E-state index >= 15 is 0 Å². The monoisotopic (exact) mass is 1080 g/mol. The van der Waals surface area contributed by atoms with Gasteiger partial charge in [0.2, 0.25) is 35.4 Å². The van der Waals surface area contributed by atoms with Crippen LogP contribution in [0.5, 0.6) is 0 Å². The molecule has 400 valence electrons. The summed E-state index contributed by atoms with van der Waals surface area (Å²) in [6.07, 6.45) is 1.68. The summed E-state index contributed by atoms with van der Waals surface area (Å²) >= 11 is 0.923. The zero-order valence-corrected chi connectivity index (χ0v) is 43.5. The lowest BCUT2D eigenvalue weighted by Crippen LogP contribution is -2.66. The van der Waals surface area contributed by atoms with E-state index in [1.807, 2.05) is 30.3 Å². The van der Waals surface area contributed by atoms with Crippen molar-refractivity contribution in [3.63, 3.8) is 0 Å². The number of thiophene rings is 1. The number of unbranched alkanes of at least 4 members (excludes halogenated alkanes) is 1. The second-order valence-corrected chi connectivity index (χ2v) is 23.0. The van der Waals surface area contributed by atoms with Crippen LogP contribution in [0.4, 0.5) is 8.78 Å². The van der Waals surface area contributed by atoms with Crippen LogP contribution in [0.2, 0.25) is 0 Å². The first-order valence-electron chi connectivity index (χ1n) is 24.7. The van der Waals surface area contributed by atoms with Crippen molar-refractivity contribution in [1.29, 1.82) is 0 Å². The lowest BCUT2D eigenvalue weighted by atomic mass is 9.85. The van der Waals surface area contributed by atoms with E-state index in [4.69, 9.17) is 0 Å². The Labute approximate surface area is 439 Å². The molecule has 0 aliphatic carbocycles. The Kier molecular flexibility index (Phi) is 16.1. The molecular weight excluding hydrogens is 1030 g/mol. The maximum atomic E-state index is 14.9. The highest BCUT2D eigenvalue weighted by molar-refractivity contribution is 7.52. The molecule has 5 heterocycles. The highest BCUT2D eigenvalue weighted by Crippen LogP contribution is 2.59. The molecule has 1 aromatic heterocycles. The fourth-order valence-electron chi connectivity index (χ4n) is 9.83. The van der Waals surface area contributed by atoms with Crippen molar-refractivity contribution in [2.45, 2.75) is 95.4 Å². The van der Waals surface area contributed by atoms with Crippen LogP contribution in [0.1, 0.15) is 119 Å². The van der Waals surface area contributed by atoms with Crippen molar-refractivity contribution in [3.8, 4) is 11.8 Å². The lowest BCUT2D eigenvalue weighted by molar-refractivity contribution is -0.155. The van der Waals surface area contributed by atoms with Gasteiger partial charge in [-0.05, 0) is 78.4 Å². The van der Waals surface area contributed by atoms with E-state index in [9.17, 15) is 66.3 Å². The van der Waals surface area contributed by atoms with Crippen LogP contribution in [0, 0.1) is 17.3 Å². The van der Waals surface area contributed by atoms with Gasteiger partial charge in [-0.3, -0.25) is 57.9 Å². The van der Waals surface area contributed by atoms with Gasteiger partial charge < -0.3 is 35.1 Å². The molecule has 0 spiro atoms. The number of alkyl halides is 2. The molecule has 0 saturated carbocycles. The standard InChI is InChI=1S/C53H56F2N7O12PS/c1-52(2,3)45(58-47(67)41-27-34-26-35(16-19-40(34)76-41)53(54,55)75(72,73)74)51(71)61-24-23-59(30-39(61)50(70)60-22-10-14-33(29-60)32-12-7-4-8-13-32)44(65)28-43(64)56-21-9-5-6-11-31-15-17-36-37(25-31)49(69)62(48(36)68)38-18-20-42(63)57-46(38)66/h4,7-8,12-13,15-17,19,25-27,33,38-39,45H,5,9-10,14,18,20-24,28-30H2,1-3H3,(H,56,64)(H,58,67)(H,57,63,66)(H2,72,73,74)/t33-,38?,39-,45?/m0/s1. The summed E-state index contributed by atoms with van der Waals surface area (Å²) in [5, 5.41) is 7.79. The molecule has 2 unspecified atom stereocenters. The van der Waals surface area contributed by atoms with Gasteiger partial charge in [0.25, 0.3) is 17.7 Å². The number of benzene rings is 3. The molecule has 0 radical (unpaired) electrons. The summed E-state index contributed by atoms with van der Waals surface area (Å²) in [5.41, 5.74) is -4.65. The minimum absolute atomic E-state index is 0.00308. The molecule has 3 aromatic carbocycles. The van der Waals surface area contributed by atoms with Crippen LogP contribution in [-0.2, 0) is 39.0 Å². The number of rotatable bonds is 13. The predicted molar refractivity (Wildman–Crippen MR) is 272 cm³/mol. The number of hydrogen-bond donors (Lipinski definition) is 5. The molecular formula is C53H56F2N7O12PS. The Morgan fingerprint density at radius 1 is 0.882 bits per heavy atom. The van der Waals surface area contributed by atoms with Gasteiger partial charge in [-0.2, -0.15) is 8.78 Å². The number of piperazine rings is 1. The van der Waals surface area contributed by atoms with Gasteiger partial charge >= 0.3 is 13.3 Å². The van der Waals surface area contributed by atoms with Gasteiger partial charge in [0, 0.05) is 67.3 Å². The summed E-state index contributed by atoms with van der Waals surface area (Å²) < 4.78 is 41.1.